The zero-order valence-electron chi connectivity index (χ0n) is 25.0. The topological polar surface area (TPSA) is 123 Å². The van der Waals surface area contributed by atoms with E-state index in [2.05, 4.69) is 20.8 Å². The van der Waals surface area contributed by atoms with Crippen LogP contribution in [-0.2, 0) is 23.7 Å². The standard InChI is InChI=1S/C31H50NO9/c1-4-6-8-10-12-14-22-37-30(38-23-15-13-11-9-7-5-2)21-20-29(33)39-24-26(3)25-40-31(34)41-28-18-16-27(17-19-28)32(35)36/h16-19,26,30H,3-15,20-25H2,1-2H3. The number of hydrogen-bond donors (Lipinski definition) is 0. The third kappa shape index (κ3) is 19.9. The lowest BCUT2D eigenvalue weighted by Gasteiger charge is -2.19. The van der Waals surface area contributed by atoms with Crippen LogP contribution >= 0.6 is 0 Å². The van der Waals surface area contributed by atoms with E-state index < -0.39 is 29.3 Å². The van der Waals surface area contributed by atoms with Gasteiger partial charge in [0.2, 0.25) is 0 Å². The molecule has 0 saturated carbocycles. The molecular formula is C31H50NO9. The van der Waals surface area contributed by atoms with Gasteiger partial charge in [0.25, 0.3) is 5.69 Å². The fraction of sp³-hybridized carbons (Fsp3) is 0.710. The Bertz CT molecular complexity index is 813. The first-order valence-electron chi connectivity index (χ1n) is 15.2. The lowest BCUT2D eigenvalue weighted by atomic mass is 10.1. The summed E-state index contributed by atoms with van der Waals surface area (Å²) in [7, 11) is 0. The van der Waals surface area contributed by atoms with Gasteiger partial charge in [-0.25, -0.2) is 4.79 Å². The van der Waals surface area contributed by atoms with Gasteiger partial charge >= 0.3 is 12.1 Å². The molecule has 0 aromatic heterocycles. The van der Waals surface area contributed by atoms with Crippen molar-refractivity contribution in [1.82, 2.24) is 0 Å². The monoisotopic (exact) mass is 580 g/mol. The second-order valence-electron chi connectivity index (χ2n) is 10.2. The van der Waals surface area contributed by atoms with Crippen molar-refractivity contribution in [2.24, 2.45) is 5.92 Å². The highest BCUT2D eigenvalue weighted by Crippen LogP contribution is 2.18. The molecule has 10 nitrogen and oxygen atoms in total. The molecule has 0 aliphatic rings. The number of unbranched alkanes of at least 4 members (excludes halogenated alkanes) is 10. The van der Waals surface area contributed by atoms with Crippen molar-refractivity contribution in [3.63, 3.8) is 0 Å². The summed E-state index contributed by atoms with van der Waals surface area (Å²) in [5.41, 5.74) is -0.120. The van der Waals surface area contributed by atoms with Gasteiger partial charge in [0.15, 0.2) is 6.29 Å². The molecule has 233 valence electrons. The molecule has 1 aromatic rings. The zero-order chi connectivity index (χ0) is 30.1. The van der Waals surface area contributed by atoms with Crippen LogP contribution < -0.4 is 4.74 Å². The van der Waals surface area contributed by atoms with Crippen molar-refractivity contribution in [3.05, 3.63) is 41.3 Å². The summed E-state index contributed by atoms with van der Waals surface area (Å²) < 4.78 is 27.2. The number of nitro groups is 1. The minimum atomic E-state index is -0.980. The second kappa shape index (κ2) is 23.9. The molecule has 0 aliphatic heterocycles. The second-order valence-corrected chi connectivity index (χ2v) is 10.2. The summed E-state index contributed by atoms with van der Waals surface area (Å²) in [5.74, 6) is -0.782. The Morgan fingerprint density at radius 2 is 1.32 bits per heavy atom. The number of carbonyl (C=O) groups is 2. The van der Waals surface area contributed by atoms with Gasteiger partial charge in [0, 0.05) is 37.7 Å². The molecule has 0 heterocycles. The summed E-state index contributed by atoms with van der Waals surface area (Å²) >= 11 is 0. The molecule has 0 bridgehead atoms. The highest BCUT2D eigenvalue weighted by Gasteiger charge is 2.16. The molecule has 0 spiro atoms. The van der Waals surface area contributed by atoms with Gasteiger partial charge in [-0.1, -0.05) is 78.1 Å². The number of rotatable bonds is 25. The van der Waals surface area contributed by atoms with Crippen molar-refractivity contribution < 1.29 is 38.2 Å². The Morgan fingerprint density at radius 3 is 1.85 bits per heavy atom. The summed E-state index contributed by atoms with van der Waals surface area (Å²) in [6, 6.07) is 5.03. The number of non-ortho nitro benzene ring substituents is 1. The number of ether oxygens (including phenoxy) is 5. The minimum Gasteiger partial charge on any atom is -0.465 e. The molecule has 41 heavy (non-hydrogen) atoms. The Hall–Kier alpha value is -2.72. The van der Waals surface area contributed by atoms with Crippen LogP contribution in [0.1, 0.15) is 104 Å². The van der Waals surface area contributed by atoms with Gasteiger partial charge in [0.05, 0.1) is 18.0 Å². The van der Waals surface area contributed by atoms with Crippen LogP contribution in [0, 0.1) is 23.0 Å². The maximum atomic E-state index is 12.3. The number of esters is 1. The van der Waals surface area contributed by atoms with Crippen molar-refractivity contribution in [3.8, 4) is 5.75 Å². The van der Waals surface area contributed by atoms with Gasteiger partial charge in [-0.2, -0.15) is 0 Å². The van der Waals surface area contributed by atoms with E-state index in [0.717, 1.165) is 25.7 Å². The molecule has 1 unspecified atom stereocenters. The van der Waals surface area contributed by atoms with Crippen molar-refractivity contribution >= 4 is 17.8 Å². The third-order valence-corrected chi connectivity index (χ3v) is 6.35. The van der Waals surface area contributed by atoms with E-state index in [1.54, 1.807) is 0 Å². The number of carbonyl (C=O) groups excluding carboxylic acids is 2. The van der Waals surface area contributed by atoms with Gasteiger partial charge in [0.1, 0.15) is 12.4 Å². The molecule has 1 aromatic carbocycles. The Balaban J connectivity index is 2.30. The number of nitro benzene ring substituents is 1. The van der Waals surface area contributed by atoms with Crippen molar-refractivity contribution in [2.75, 3.05) is 26.4 Å². The SMILES string of the molecule is [CH2]C(COC(=O)CCC(OCCCCCCCC)OCCCCCCCC)COC(=O)Oc1ccc([N+](=O)[O-])cc1. The van der Waals surface area contributed by atoms with Crippen LogP contribution in [-0.4, -0.2) is 49.8 Å². The Kier molecular flexibility index (Phi) is 21.2. The van der Waals surface area contributed by atoms with Crippen LogP contribution in [0.15, 0.2) is 24.3 Å². The summed E-state index contributed by atoms with van der Waals surface area (Å²) in [6.07, 6.45) is 13.2. The lowest BCUT2D eigenvalue weighted by Crippen LogP contribution is -2.23. The van der Waals surface area contributed by atoms with Crippen molar-refractivity contribution in [1.29, 1.82) is 0 Å². The van der Waals surface area contributed by atoms with Gasteiger partial charge in [-0.15, -0.1) is 0 Å². The van der Waals surface area contributed by atoms with Crippen LogP contribution in [0.5, 0.6) is 5.75 Å². The first-order valence-corrected chi connectivity index (χ1v) is 15.2. The molecule has 0 saturated heterocycles. The summed E-state index contributed by atoms with van der Waals surface area (Å²) in [4.78, 5) is 34.3. The molecule has 1 atom stereocenters. The van der Waals surface area contributed by atoms with Crippen LogP contribution in [0.25, 0.3) is 0 Å². The van der Waals surface area contributed by atoms with E-state index in [-0.39, 0.29) is 31.1 Å². The van der Waals surface area contributed by atoms with Crippen LogP contribution in [0.3, 0.4) is 0 Å². The fourth-order valence-corrected chi connectivity index (χ4v) is 3.92. The average molecular weight is 581 g/mol. The van der Waals surface area contributed by atoms with Gasteiger partial charge in [-0.3, -0.25) is 14.9 Å². The predicted octanol–water partition coefficient (Wildman–Crippen LogP) is 7.96. The maximum Gasteiger partial charge on any atom is 0.513 e. The van der Waals surface area contributed by atoms with Gasteiger partial charge in [-0.05, 0) is 31.9 Å². The Morgan fingerprint density at radius 1 is 0.805 bits per heavy atom. The molecule has 10 heteroatoms. The van der Waals surface area contributed by atoms with E-state index in [9.17, 15) is 19.7 Å². The average Bonchev–Trinajstić information content (AvgIpc) is 2.96. The quantitative estimate of drug-likeness (QED) is 0.0283. The zero-order valence-corrected chi connectivity index (χ0v) is 25.0. The molecule has 1 radical (unpaired) electrons. The maximum absolute atomic E-state index is 12.3. The summed E-state index contributed by atoms with van der Waals surface area (Å²) in [6.45, 7) is 9.31. The highest BCUT2D eigenvalue weighted by molar-refractivity contribution is 5.69. The molecular weight excluding hydrogens is 530 g/mol. The Labute approximate surface area is 245 Å². The van der Waals surface area contributed by atoms with Crippen LogP contribution in [0.2, 0.25) is 0 Å². The number of hydrogen-bond acceptors (Lipinski definition) is 9. The number of nitrogens with zero attached hydrogens (tertiary/aromatic N) is 1. The van der Waals surface area contributed by atoms with E-state index in [0.29, 0.717) is 19.6 Å². The lowest BCUT2D eigenvalue weighted by molar-refractivity contribution is -0.384. The van der Waals surface area contributed by atoms with E-state index in [1.165, 1.54) is 75.6 Å². The van der Waals surface area contributed by atoms with E-state index in [1.807, 2.05) is 0 Å². The van der Waals surface area contributed by atoms with Crippen LogP contribution in [0.4, 0.5) is 10.5 Å². The normalized spacial score (nSPS) is 11.8. The van der Waals surface area contributed by atoms with E-state index >= 15 is 0 Å². The minimum absolute atomic E-state index is 0.0223. The molecule has 0 fully saturated rings. The third-order valence-electron chi connectivity index (χ3n) is 6.35. The van der Waals surface area contributed by atoms with Crippen molar-refractivity contribution in [2.45, 2.75) is 110 Å². The first-order chi connectivity index (χ1) is 19.8. The molecule has 0 aliphatic carbocycles. The molecule has 0 N–H and O–H groups in total. The van der Waals surface area contributed by atoms with Gasteiger partial charge < -0.3 is 23.7 Å². The summed E-state index contributed by atoms with van der Waals surface area (Å²) in [5, 5.41) is 10.7. The molecule has 0 amide bonds. The smallest absolute Gasteiger partial charge is 0.465 e. The number of benzene rings is 1. The van der Waals surface area contributed by atoms with E-state index in [4.69, 9.17) is 23.7 Å². The first kappa shape index (κ1) is 36.3. The largest absolute Gasteiger partial charge is 0.513 e. The predicted molar refractivity (Wildman–Crippen MR) is 157 cm³/mol. The fourth-order valence-electron chi connectivity index (χ4n) is 3.92. The highest BCUT2D eigenvalue weighted by atomic mass is 16.7. The molecule has 1 rings (SSSR count).